The molecule has 1 saturated heterocycles. The number of amides is 1. The highest BCUT2D eigenvalue weighted by Crippen LogP contribution is 2.23. The van der Waals surface area contributed by atoms with Crippen LogP contribution in [0.5, 0.6) is 5.75 Å². The van der Waals surface area contributed by atoms with Gasteiger partial charge in [-0.05, 0) is 38.1 Å². The molecule has 1 fully saturated rings. The number of rotatable bonds is 7. The molecule has 122 valence electrons. The van der Waals surface area contributed by atoms with E-state index in [0.717, 1.165) is 44.0 Å². The maximum atomic E-state index is 12.3. The van der Waals surface area contributed by atoms with Gasteiger partial charge in [-0.25, -0.2) is 0 Å². The van der Waals surface area contributed by atoms with E-state index < -0.39 is 0 Å². The van der Waals surface area contributed by atoms with E-state index in [1.807, 2.05) is 29.2 Å². The van der Waals surface area contributed by atoms with Crippen molar-refractivity contribution in [1.29, 1.82) is 0 Å². The molecule has 0 bridgehead atoms. The van der Waals surface area contributed by atoms with E-state index in [4.69, 9.17) is 4.74 Å². The van der Waals surface area contributed by atoms with Crippen molar-refractivity contribution in [2.24, 2.45) is 5.92 Å². The molecule has 0 unspecified atom stereocenters. The van der Waals surface area contributed by atoms with Crippen LogP contribution in [0.3, 0.4) is 0 Å². The zero-order chi connectivity index (χ0) is 15.9. The molecule has 1 aromatic rings. The van der Waals surface area contributed by atoms with Crippen molar-refractivity contribution in [2.45, 2.75) is 13.3 Å². The number of methoxy groups -OCH3 is 1. The monoisotopic (exact) mass is 305 g/mol. The summed E-state index contributed by atoms with van der Waals surface area (Å²) in [6.45, 7) is 6.34. The molecule has 1 aliphatic heterocycles. The number of carbonyl (C=O) groups is 1. The second-order valence-electron chi connectivity index (χ2n) is 5.90. The van der Waals surface area contributed by atoms with Crippen molar-refractivity contribution in [1.82, 2.24) is 9.80 Å². The van der Waals surface area contributed by atoms with Gasteiger partial charge in [-0.2, -0.15) is 0 Å². The summed E-state index contributed by atoms with van der Waals surface area (Å²) < 4.78 is 5.28. The number of ether oxygens (including phenoxy) is 1. The lowest BCUT2D eigenvalue weighted by atomic mass is 10.1. The Bertz CT molecular complexity index is 493. The lowest BCUT2D eigenvalue weighted by Gasteiger charge is -2.20. The molecule has 1 aromatic carbocycles. The molecule has 22 heavy (non-hydrogen) atoms. The van der Waals surface area contributed by atoms with Crippen LogP contribution in [0.1, 0.15) is 13.3 Å². The molecular weight excluding hydrogens is 278 g/mol. The second kappa shape index (κ2) is 8.03. The predicted octanol–water partition coefficient (Wildman–Crippen LogP) is 1.91. The summed E-state index contributed by atoms with van der Waals surface area (Å²) in [5, 5.41) is 3.18. The van der Waals surface area contributed by atoms with Crippen LogP contribution in [0.15, 0.2) is 24.3 Å². The maximum absolute atomic E-state index is 12.3. The van der Waals surface area contributed by atoms with Crippen LogP contribution >= 0.6 is 0 Å². The topological polar surface area (TPSA) is 44.8 Å². The molecule has 0 radical (unpaired) electrons. The Morgan fingerprint density at radius 3 is 2.95 bits per heavy atom. The molecule has 5 heteroatoms. The van der Waals surface area contributed by atoms with Gasteiger partial charge >= 0.3 is 0 Å². The number of carbonyl (C=O) groups excluding carboxylic acids is 1. The highest BCUT2D eigenvalue weighted by Gasteiger charge is 2.26. The van der Waals surface area contributed by atoms with Crippen LogP contribution in [0, 0.1) is 5.92 Å². The van der Waals surface area contributed by atoms with E-state index in [9.17, 15) is 4.79 Å². The molecule has 0 saturated carbocycles. The van der Waals surface area contributed by atoms with Gasteiger partial charge in [0.25, 0.3) is 0 Å². The van der Waals surface area contributed by atoms with Crippen molar-refractivity contribution in [3.8, 4) is 5.75 Å². The van der Waals surface area contributed by atoms with Crippen LogP contribution < -0.4 is 10.1 Å². The minimum absolute atomic E-state index is 0.160. The van der Waals surface area contributed by atoms with Gasteiger partial charge < -0.3 is 19.9 Å². The van der Waals surface area contributed by atoms with Gasteiger partial charge in [-0.3, -0.25) is 4.79 Å². The third-order valence-corrected chi connectivity index (χ3v) is 4.29. The fourth-order valence-electron chi connectivity index (χ4n) is 2.85. The summed E-state index contributed by atoms with van der Waals surface area (Å²) in [5.74, 6) is 1.52. The summed E-state index contributed by atoms with van der Waals surface area (Å²) in [6.07, 6.45) is 1.10. The first kappa shape index (κ1) is 16.6. The SMILES string of the molecule is CCN(C)C[C@H]1CCN(C(=O)CNc2ccccc2OC)C1. The zero-order valence-corrected chi connectivity index (χ0v) is 13.8. The minimum atomic E-state index is 0.160. The predicted molar refractivity (Wildman–Crippen MR) is 89.3 cm³/mol. The summed E-state index contributed by atoms with van der Waals surface area (Å²) in [6, 6.07) is 7.66. The second-order valence-corrected chi connectivity index (χ2v) is 5.90. The van der Waals surface area contributed by atoms with Crippen molar-refractivity contribution < 1.29 is 9.53 Å². The molecule has 1 N–H and O–H groups in total. The Labute approximate surface area is 133 Å². The van der Waals surface area contributed by atoms with Gasteiger partial charge in [0.15, 0.2) is 0 Å². The fourth-order valence-corrected chi connectivity index (χ4v) is 2.85. The van der Waals surface area contributed by atoms with E-state index in [-0.39, 0.29) is 5.91 Å². The number of nitrogens with one attached hydrogen (secondary N) is 1. The highest BCUT2D eigenvalue weighted by atomic mass is 16.5. The number of para-hydroxylation sites is 2. The summed E-state index contributed by atoms with van der Waals surface area (Å²) in [4.78, 5) is 16.6. The third kappa shape index (κ3) is 4.37. The lowest BCUT2D eigenvalue weighted by molar-refractivity contribution is -0.128. The van der Waals surface area contributed by atoms with Gasteiger partial charge in [0.2, 0.25) is 5.91 Å². The average molecular weight is 305 g/mol. The molecule has 1 atom stereocenters. The molecule has 0 aliphatic carbocycles. The first-order chi connectivity index (χ1) is 10.6. The number of nitrogens with zero attached hydrogens (tertiary/aromatic N) is 2. The van der Waals surface area contributed by atoms with Crippen molar-refractivity contribution in [3.05, 3.63) is 24.3 Å². The quantitative estimate of drug-likeness (QED) is 0.836. The number of hydrogen-bond acceptors (Lipinski definition) is 4. The molecule has 1 amide bonds. The third-order valence-electron chi connectivity index (χ3n) is 4.29. The molecule has 0 spiro atoms. The van der Waals surface area contributed by atoms with Gasteiger partial charge in [-0.1, -0.05) is 19.1 Å². The van der Waals surface area contributed by atoms with E-state index >= 15 is 0 Å². The number of likely N-dealkylation sites (tertiary alicyclic amines) is 1. The normalized spacial score (nSPS) is 17.8. The Balaban J connectivity index is 1.81. The molecule has 1 heterocycles. The van der Waals surface area contributed by atoms with E-state index in [1.54, 1.807) is 7.11 Å². The minimum Gasteiger partial charge on any atom is -0.495 e. The van der Waals surface area contributed by atoms with Crippen molar-refractivity contribution >= 4 is 11.6 Å². The zero-order valence-electron chi connectivity index (χ0n) is 13.8. The van der Waals surface area contributed by atoms with Gasteiger partial charge in [0.05, 0.1) is 19.3 Å². The smallest absolute Gasteiger partial charge is 0.241 e. The standard InChI is InChI=1S/C17H27N3O2/c1-4-19(2)12-14-9-10-20(13-14)17(21)11-18-15-7-5-6-8-16(15)22-3/h5-8,14,18H,4,9-13H2,1-3H3/t14-/m1/s1. The summed E-state index contributed by atoms with van der Waals surface area (Å²) in [5.41, 5.74) is 0.861. The summed E-state index contributed by atoms with van der Waals surface area (Å²) >= 11 is 0. The molecule has 2 rings (SSSR count). The maximum Gasteiger partial charge on any atom is 0.241 e. The van der Waals surface area contributed by atoms with Gasteiger partial charge in [-0.15, -0.1) is 0 Å². The molecular formula is C17H27N3O2. The first-order valence-electron chi connectivity index (χ1n) is 7.97. The lowest BCUT2D eigenvalue weighted by Crippen LogP contribution is -2.35. The van der Waals surface area contributed by atoms with Crippen LogP contribution in [0.4, 0.5) is 5.69 Å². The largest absolute Gasteiger partial charge is 0.495 e. The van der Waals surface area contributed by atoms with Crippen molar-refractivity contribution in [2.75, 3.05) is 52.2 Å². The highest BCUT2D eigenvalue weighted by molar-refractivity contribution is 5.81. The van der Waals surface area contributed by atoms with E-state index in [0.29, 0.717) is 12.5 Å². The van der Waals surface area contributed by atoms with E-state index in [2.05, 4.69) is 24.2 Å². The number of anilines is 1. The Morgan fingerprint density at radius 1 is 1.45 bits per heavy atom. The van der Waals surface area contributed by atoms with Crippen molar-refractivity contribution in [3.63, 3.8) is 0 Å². The van der Waals surface area contributed by atoms with Crippen LogP contribution in [-0.2, 0) is 4.79 Å². The Hall–Kier alpha value is -1.75. The first-order valence-corrected chi connectivity index (χ1v) is 7.97. The summed E-state index contributed by atoms with van der Waals surface area (Å²) in [7, 11) is 3.77. The molecule has 1 aliphatic rings. The van der Waals surface area contributed by atoms with Gasteiger partial charge in [0, 0.05) is 19.6 Å². The van der Waals surface area contributed by atoms with Gasteiger partial charge in [0.1, 0.15) is 5.75 Å². The fraction of sp³-hybridized carbons (Fsp3) is 0.588. The molecule has 5 nitrogen and oxygen atoms in total. The molecule has 0 aromatic heterocycles. The Morgan fingerprint density at radius 2 is 2.23 bits per heavy atom. The average Bonchev–Trinajstić information content (AvgIpc) is 3.01. The Kier molecular flexibility index (Phi) is 6.07. The number of hydrogen-bond donors (Lipinski definition) is 1. The van der Waals surface area contributed by atoms with Crippen LogP contribution in [0.2, 0.25) is 0 Å². The number of benzene rings is 1. The van der Waals surface area contributed by atoms with Crippen LogP contribution in [-0.4, -0.2) is 62.6 Å². The van der Waals surface area contributed by atoms with E-state index in [1.165, 1.54) is 0 Å². The van der Waals surface area contributed by atoms with Crippen LogP contribution in [0.25, 0.3) is 0 Å².